The van der Waals surface area contributed by atoms with Crippen LogP contribution in [0.4, 0.5) is 5.69 Å². The lowest BCUT2D eigenvalue weighted by molar-refractivity contribution is -0.129. The lowest BCUT2D eigenvalue weighted by Gasteiger charge is -2.29. The van der Waals surface area contributed by atoms with Gasteiger partial charge in [0.2, 0.25) is 5.91 Å². The third-order valence-corrected chi connectivity index (χ3v) is 4.17. The van der Waals surface area contributed by atoms with Gasteiger partial charge in [-0.15, -0.1) is 0 Å². The summed E-state index contributed by atoms with van der Waals surface area (Å²) in [6, 6.07) is 3.90. The Morgan fingerprint density at radius 1 is 1.43 bits per heavy atom. The summed E-state index contributed by atoms with van der Waals surface area (Å²) in [4.78, 5) is 16.5. The minimum atomic E-state index is -0.0719. The summed E-state index contributed by atoms with van der Waals surface area (Å²) >= 11 is 0. The molecule has 1 fully saturated rings. The van der Waals surface area contributed by atoms with Gasteiger partial charge in [0, 0.05) is 25.2 Å². The number of carbonyl (C=O) groups excluding carboxylic acids is 1. The summed E-state index contributed by atoms with van der Waals surface area (Å²) in [5, 5.41) is 7.27. The second-order valence-electron chi connectivity index (χ2n) is 5.84. The van der Waals surface area contributed by atoms with E-state index in [2.05, 4.69) is 22.3 Å². The van der Waals surface area contributed by atoms with Crippen LogP contribution in [0.15, 0.2) is 36.9 Å². The highest BCUT2D eigenvalue weighted by Gasteiger charge is 2.30. The molecule has 2 atom stereocenters. The van der Waals surface area contributed by atoms with Gasteiger partial charge in [-0.1, -0.05) is 6.92 Å². The molecule has 0 bridgehead atoms. The van der Waals surface area contributed by atoms with Gasteiger partial charge in [-0.05, 0) is 37.0 Å². The first-order valence-corrected chi connectivity index (χ1v) is 8.10. The van der Waals surface area contributed by atoms with Gasteiger partial charge >= 0.3 is 0 Å². The molecular formula is C17H22N4O2. The van der Waals surface area contributed by atoms with Crippen molar-refractivity contribution in [3.05, 3.63) is 42.5 Å². The Bertz CT molecular complexity index is 641. The maximum absolute atomic E-state index is 12.5. The number of ether oxygens (including phenoxy) is 1. The lowest BCUT2D eigenvalue weighted by Crippen LogP contribution is -2.37. The zero-order valence-corrected chi connectivity index (χ0v) is 13.3. The summed E-state index contributed by atoms with van der Waals surface area (Å²) in [6.07, 6.45) is 9.76. The van der Waals surface area contributed by atoms with Gasteiger partial charge in [-0.3, -0.25) is 14.5 Å². The molecule has 0 spiro atoms. The molecular weight excluding hydrogens is 292 g/mol. The highest BCUT2D eigenvalue weighted by molar-refractivity contribution is 5.92. The first kappa shape index (κ1) is 15.7. The molecule has 0 saturated carbocycles. The third-order valence-electron chi connectivity index (χ3n) is 4.17. The van der Waals surface area contributed by atoms with Gasteiger partial charge < -0.3 is 10.1 Å². The fraction of sp³-hybridized carbons (Fsp3) is 0.471. The number of nitrogens with zero attached hydrogens (tertiary/aromatic N) is 3. The van der Waals surface area contributed by atoms with Gasteiger partial charge in [0.05, 0.1) is 30.5 Å². The van der Waals surface area contributed by atoms with E-state index in [1.807, 2.05) is 18.3 Å². The van der Waals surface area contributed by atoms with Crippen LogP contribution in [0.3, 0.4) is 0 Å². The van der Waals surface area contributed by atoms with Crippen LogP contribution in [-0.2, 0) is 16.1 Å². The number of rotatable bonds is 5. The predicted molar refractivity (Wildman–Crippen MR) is 87.0 cm³/mol. The van der Waals surface area contributed by atoms with Crippen LogP contribution in [0.25, 0.3) is 0 Å². The summed E-state index contributed by atoms with van der Waals surface area (Å²) in [6.45, 7) is 3.47. The van der Waals surface area contributed by atoms with Crippen molar-refractivity contribution in [1.82, 2.24) is 14.8 Å². The molecule has 6 heteroatoms. The number of carbonyl (C=O) groups is 1. The number of nitrogens with one attached hydrogen (secondary N) is 1. The Morgan fingerprint density at radius 3 is 3.04 bits per heavy atom. The van der Waals surface area contributed by atoms with Gasteiger partial charge in [-0.2, -0.15) is 5.10 Å². The predicted octanol–water partition coefficient (Wildman–Crippen LogP) is 2.47. The third kappa shape index (κ3) is 3.96. The highest BCUT2D eigenvalue weighted by atomic mass is 16.5. The van der Waals surface area contributed by atoms with E-state index in [9.17, 15) is 4.79 Å². The highest BCUT2D eigenvalue weighted by Crippen LogP contribution is 2.24. The Morgan fingerprint density at radius 2 is 2.26 bits per heavy atom. The van der Waals surface area contributed by atoms with Gasteiger partial charge in [-0.25, -0.2) is 0 Å². The summed E-state index contributed by atoms with van der Waals surface area (Å²) in [5.41, 5.74) is 1.84. The summed E-state index contributed by atoms with van der Waals surface area (Å²) in [7, 11) is 0. The van der Waals surface area contributed by atoms with Gasteiger partial charge in [0.25, 0.3) is 0 Å². The molecule has 2 aromatic rings. The molecule has 1 amide bonds. The normalized spacial score (nSPS) is 21.1. The molecule has 1 aliphatic heterocycles. The van der Waals surface area contributed by atoms with Crippen LogP contribution in [0.5, 0.6) is 0 Å². The SMILES string of the molecule is CC[C@@H]1OCCC[C@H]1C(=O)Nc1cnn(Cc2ccncc2)c1. The van der Waals surface area contributed by atoms with Crippen LogP contribution in [0.2, 0.25) is 0 Å². The van der Waals surface area contributed by atoms with E-state index in [0.29, 0.717) is 6.54 Å². The van der Waals surface area contributed by atoms with Crippen LogP contribution in [0, 0.1) is 5.92 Å². The first-order chi connectivity index (χ1) is 11.3. The molecule has 23 heavy (non-hydrogen) atoms. The lowest BCUT2D eigenvalue weighted by atomic mass is 9.92. The van der Waals surface area contributed by atoms with Crippen molar-refractivity contribution in [2.24, 2.45) is 5.92 Å². The molecule has 3 rings (SSSR count). The van der Waals surface area contributed by atoms with E-state index in [1.165, 1.54) is 0 Å². The van der Waals surface area contributed by atoms with Crippen LogP contribution in [0.1, 0.15) is 31.7 Å². The average Bonchev–Trinajstić information content (AvgIpc) is 3.02. The fourth-order valence-electron chi connectivity index (χ4n) is 2.97. The van der Waals surface area contributed by atoms with Crippen molar-refractivity contribution in [1.29, 1.82) is 0 Å². The fourth-order valence-corrected chi connectivity index (χ4v) is 2.97. The molecule has 0 radical (unpaired) electrons. The molecule has 0 aliphatic carbocycles. The number of pyridine rings is 1. The Kier molecular flexibility index (Phi) is 5.02. The monoisotopic (exact) mass is 314 g/mol. The van der Waals surface area contributed by atoms with Crippen molar-refractivity contribution in [2.45, 2.75) is 38.8 Å². The minimum Gasteiger partial charge on any atom is -0.377 e. The summed E-state index contributed by atoms with van der Waals surface area (Å²) < 4.78 is 7.50. The second kappa shape index (κ2) is 7.37. The van der Waals surface area contributed by atoms with Crippen molar-refractivity contribution >= 4 is 11.6 Å². The van der Waals surface area contributed by atoms with Gasteiger partial charge in [0.1, 0.15) is 0 Å². The van der Waals surface area contributed by atoms with Crippen LogP contribution in [-0.4, -0.2) is 33.4 Å². The molecule has 122 valence electrons. The second-order valence-corrected chi connectivity index (χ2v) is 5.84. The zero-order valence-electron chi connectivity index (χ0n) is 13.3. The van der Waals surface area contributed by atoms with E-state index < -0.39 is 0 Å². The smallest absolute Gasteiger partial charge is 0.230 e. The van der Waals surface area contributed by atoms with Crippen LogP contribution >= 0.6 is 0 Å². The van der Waals surface area contributed by atoms with Gasteiger partial charge in [0.15, 0.2) is 0 Å². The maximum Gasteiger partial charge on any atom is 0.230 e. The van der Waals surface area contributed by atoms with Crippen LogP contribution < -0.4 is 5.32 Å². The quantitative estimate of drug-likeness (QED) is 0.920. The standard InChI is InChI=1S/C17H22N4O2/c1-2-16-15(4-3-9-23-16)17(22)20-14-10-19-21(12-14)11-13-5-7-18-8-6-13/h5-8,10,12,15-16H,2-4,9,11H2,1H3,(H,20,22)/t15-,16+/m1/s1. The number of aromatic nitrogens is 3. The largest absolute Gasteiger partial charge is 0.377 e. The molecule has 1 aliphatic rings. The molecule has 1 saturated heterocycles. The Balaban J connectivity index is 1.61. The van der Waals surface area contributed by atoms with Crippen molar-refractivity contribution < 1.29 is 9.53 Å². The van der Waals surface area contributed by atoms with E-state index in [4.69, 9.17) is 4.74 Å². The molecule has 6 nitrogen and oxygen atoms in total. The number of hydrogen-bond acceptors (Lipinski definition) is 4. The van der Waals surface area contributed by atoms with E-state index in [0.717, 1.165) is 37.1 Å². The minimum absolute atomic E-state index is 0.0237. The summed E-state index contributed by atoms with van der Waals surface area (Å²) in [5.74, 6) is -0.0442. The average molecular weight is 314 g/mol. The van der Waals surface area contributed by atoms with E-state index in [-0.39, 0.29) is 17.9 Å². The molecule has 3 heterocycles. The van der Waals surface area contributed by atoms with E-state index in [1.54, 1.807) is 23.3 Å². The van der Waals surface area contributed by atoms with Crippen molar-refractivity contribution in [3.8, 4) is 0 Å². The molecule has 0 aromatic carbocycles. The Labute approximate surface area is 135 Å². The van der Waals surface area contributed by atoms with Crippen molar-refractivity contribution in [3.63, 3.8) is 0 Å². The number of hydrogen-bond donors (Lipinski definition) is 1. The van der Waals surface area contributed by atoms with Crippen molar-refractivity contribution in [2.75, 3.05) is 11.9 Å². The number of amides is 1. The zero-order chi connectivity index (χ0) is 16.1. The topological polar surface area (TPSA) is 69.0 Å². The first-order valence-electron chi connectivity index (χ1n) is 8.10. The Hall–Kier alpha value is -2.21. The maximum atomic E-state index is 12.5. The molecule has 0 unspecified atom stereocenters. The van der Waals surface area contributed by atoms with E-state index >= 15 is 0 Å². The number of anilines is 1. The molecule has 1 N–H and O–H groups in total. The molecule has 2 aromatic heterocycles.